The Morgan fingerprint density at radius 2 is 1.19 bits per heavy atom. The molecule has 0 bridgehead atoms. The third kappa shape index (κ3) is 1.86. The van der Waals surface area contributed by atoms with Crippen molar-refractivity contribution >= 4 is 0 Å². The lowest BCUT2D eigenvalue weighted by Gasteiger charge is -2.08. The quantitative estimate of drug-likeness (QED) is 0.766. The molecule has 2 aromatic rings. The van der Waals surface area contributed by atoms with Crippen molar-refractivity contribution in [3.8, 4) is 0 Å². The summed E-state index contributed by atoms with van der Waals surface area (Å²) in [7, 11) is 0. The van der Waals surface area contributed by atoms with Gasteiger partial charge in [0.05, 0.1) is 0 Å². The summed E-state index contributed by atoms with van der Waals surface area (Å²) in [4.78, 5) is 0. The van der Waals surface area contributed by atoms with Crippen LogP contribution in [-0.2, 0) is 12.8 Å². The van der Waals surface area contributed by atoms with Crippen molar-refractivity contribution in [2.24, 2.45) is 0 Å². The van der Waals surface area contributed by atoms with E-state index in [1.54, 1.807) is 0 Å². The van der Waals surface area contributed by atoms with Crippen LogP contribution in [0.4, 0.5) is 0 Å². The van der Waals surface area contributed by atoms with Gasteiger partial charge in [-0.1, -0.05) is 54.6 Å². The van der Waals surface area contributed by atoms with Gasteiger partial charge >= 0.3 is 0 Å². The molecule has 1 aliphatic carbocycles. The van der Waals surface area contributed by atoms with Gasteiger partial charge in [-0.2, -0.15) is 0 Å². The van der Waals surface area contributed by atoms with Crippen LogP contribution in [0.1, 0.15) is 22.6 Å². The van der Waals surface area contributed by atoms with E-state index in [1.807, 2.05) is 0 Å². The highest BCUT2D eigenvalue weighted by Crippen LogP contribution is 2.33. The Morgan fingerprint density at radius 1 is 0.688 bits per heavy atom. The second-order valence-corrected chi connectivity index (χ2v) is 4.28. The average molecular weight is 211 g/mol. The monoisotopic (exact) mass is 211 g/mol. The molecule has 0 fully saturated rings. The number of fused-ring (bicyclic) bond motifs is 1. The molecule has 0 radical (unpaired) electrons. The van der Waals surface area contributed by atoms with E-state index >= 15 is 0 Å². The Hall–Kier alpha value is -1.60. The molecule has 1 nitrogen and oxygen atoms in total. The van der Waals surface area contributed by atoms with Crippen molar-refractivity contribution < 1.29 is 0 Å². The van der Waals surface area contributed by atoms with Gasteiger partial charge in [-0.15, -0.1) is 0 Å². The summed E-state index contributed by atoms with van der Waals surface area (Å²) < 4.78 is 0. The van der Waals surface area contributed by atoms with E-state index in [0.717, 1.165) is 0 Å². The van der Waals surface area contributed by atoms with Gasteiger partial charge in [-0.25, -0.2) is 0 Å². The Labute approximate surface area is 96.7 Å². The van der Waals surface area contributed by atoms with Crippen LogP contribution >= 0.6 is 0 Å². The van der Waals surface area contributed by atoms with E-state index in [0.29, 0.717) is 5.92 Å². The minimum absolute atomic E-state index is 0. The molecule has 0 saturated carbocycles. The Balaban J connectivity index is 0.000000963. The van der Waals surface area contributed by atoms with Gasteiger partial charge in [0.25, 0.3) is 0 Å². The number of hydrogen-bond donors (Lipinski definition) is 1. The summed E-state index contributed by atoms with van der Waals surface area (Å²) in [5.41, 5.74) is 4.55. The summed E-state index contributed by atoms with van der Waals surface area (Å²) in [6, 6.07) is 19.7. The summed E-state index contributed by atoms with van der Waals surface area (Å²) in [5, 5.41) is 0. The minimum atomic E-state index is 0. The zero-order valence-electron chi connectivity index (χ0n) is 9.39. The zero-order valence-corrected chi connectivity index (χ0v) is 9.39. The van der Waals surface area contributed by atoms with Crippen molar-refractivity contribution in [1.82, 2.24) is 6.15 Å². The average Bonchev–Trinajstić information content (AvgIpc) is 2.74. The van der Waals surface area contributed by atoms with Crippen LogP contribution in [0.25, 0.3) is 0 Å². The van der Waals surface area contributed by atoms with Crippen molar-refractivity contribution in [2.45, 2.75) is 18.8 Å². The van der Waals surface area contributed by atoms with Gasteiger partial charge in [0.15, 0.2) is 0 Å². The van der Waals surface area contributed by atoms with Crippen LogP contribution in [0.15, 0.2) is 54.6 Å². The molecule has 0 heterocycles. The highest BCUT2D eigenvalue weighted by atomic mass is 14.3. The maximum atomic E-state index is 2.26. The van der Waals surface area contributed by atoms with Gasteiger partial charge in [0, 0.05) is 0 Å². The lowest BCUT2D eigenvalue weighted by Crippen LogP contribution is -1.96. The van der Waals surface area contributed by atoms with Crippen LogP contribution in [0.3, 0.4) is 0 Å². The first-order valence-electron chi connectivity index (χ1n) is 5.55. The molecule has 0 atom stereocenters. The maximum absolute atomic E-state index is 2.26. The summed E-state index contributed by atoms with van der Waals surface area (Å²) in [6.45, 7) is 0. The lowest BCUT2D eigenvalue weighted by atomic mass is 9.96. The summed E-state index contributed by atoms with van der Waals surface area (Å²) in [6.07, 6.45) is 2.42. The third-order valence-corrected chi connectivity index (χ3v) is 3.32. The highest BCUT2D eigenvalue weighted by molar-refractivity contribution is 5.37. The second kappa shape index (κ2) is 4.50. The predicted octanol–water partition coefficient (Wildman–Crippen LogP) is 3.73. The van der Waals surface area contributed by atoms with Crippen LogP contribution in [0, 0.1) is 0 Å². The first-order chi connectivity index (χ1) is 7.43. The standard InChI is InChI=1S/C15H14.H3N/c1-2-6-12(7-3-1)15-10-13-8-4-5-9-14(13)11-15;/h1-9,15H,10-11H2;1H3. The molecule has 2 aromatic carbocycles. The van der Waals surface area contributed by atoms with Gasteiger partial charge in [-0.3, -0.25) is 0 Å². The minimum Gasteiger partial charge on any atom is -0.344 e. The molecule has 3 rings (SSSR count). The summed E-state index contributed by atoms with van der Waals surface area (Å²) in [5.74, 6) is 0.698. The number of rotatable bonds is 1. The Kier molecular flexibility index (Phi) is 3.07. The first kappa shape index (κ1) is 10.9. The fraction of sp³-hybridized carbons (Fsp3) is 0.200. The summed E-state index contributed by atoms with van der Waals surface area (Å²) >= 11 is 0. The maximum Gasteiger partial charge on any atom is -0.00808 e. The van der Waals surface area contributed by atoms with E-state index in [1.165, 1.54) is 29.5 Å². The van der Waals surface area contributed by atoms with Crippen molar-refractivity contribution in [3.05, 3.63) is 71.3 Å². The molecule has 16 heavy (non-hydrogen) atoms. The SMILES string of the molecule is N.c1ccc(C2Cc3ccccc3C2)cc1. The van der Waals surface area contributed by atoms with E-state index < -0.39 is 0 Å². The molecule has 1 aliphatic rings. The van der Waals surface area contributed by atoms with Crippen LogP contribution < -0.4 is 6.15 Å². The molecule has 82 valence electrons. The van der Waals surface area contributed by atoms with Gasteiger partial charge in [0.2, 0.25) is 0 Å². The third-order valence-electron chi connectivity index (χ3n) is 3.32. The van der Waals surface area contributed by atoms with Crippen LogP contribution in [0.5, 0.6) is 0 Å². The number of hydrogen-bond acceptors (Lipinski definition) is 1. The molecular formula is C15H17N. The van der Waals surface area contributed by atoms with Crippen molar-refractivity contribution in [1.29, 1.82) is 0 Å². The molecule has 0 spiro atoms. The van der Waals surface area contributed by atoms with E-state index in [9.17, 15) is 0 Å². The molecular weight excluding hydrogens is 194 g/mol. The first-order valence-corrected chi connectivity index (χ1v) is 5.55. The van der Waals surface area contributed by atoms with E-state index in [4.69, 9.17) is 0 Å². The highest BCUT2D eigenvalue weighted by Gasteiger charge is 2.21. The molecule has 0 unspecified atom stereocenters. The molecule has 0 saturated heterocycles. The molecule has 0 aromatic heterocycles. The normalized spacial score (nSPS) is 14.2. The number of benzene rings is 2. The zero-order chi connectivity index (χ0) is 10.1. The second-order valence-electron chi connectivity index (χ2n) is 4.28. The lowest BCUT2D eigenvalue weighted by molar-refractivity contribution is 0.742. The van der Waals surface area contributed by atoms with E-state index in [-0.39, 0.29) is 6.15 Å². The molecule has 0 amide bonds. The van der Waals surface area contributed by atoms with Gasteiger partial charge in [-0.05, 0) is 35.4 Å². The largest absolute Gasteiger partial charge is 0.344 e. The van der Waals surface area contributed by atoms with E-state index in [2.05, 4.69) is 54.6 Å². The Morgan fingerprint density at radius 3 is 1.75 bits per heavy atom. The van der Waals surface area contributed by atoms with Crippen LogP contribution in [-0.4, -0.2) is 0 Å². The fourth-order valence-electron chi connectivity index (χ4n) is 2.52. The topological polar surface area (TPSA) is 35.0 Å². The van der Waals surface area contributed by atoms with Crippen molar-refractivity contribution in [3.63, 3.8) is 0 Å². The molecule has 3 N–H and O–H groups in total. The molecule has 1 heteroatoms. The fourth-order valence-corrected chi connectivity index (χ4v) is 2.52. The van der Waals surface area contributed by atoms with Crippen molar-refractivity contribution in [2.75, 3.05) is 0 Å². The van der Waals surface area contributed by atoms with Gasteiger partial charge < -0.3 is 6.15 Å². The molecule has 0 aliphatic heterocycles. The Bertz CT molecular complexity index is 437. The predicted molar refractivity (Wildman–Crippen MR) is 68.1 cm³/mol. The van der Waals surface area contributed by atoms with Gasteiger partial charge in [0.1, 0.15) is 0 Å². The van der Waals surface area contributed by atoms with Crippen LogP contribution in [0.2, 0.25) is 0 Å². The smallest absolute Gasteiger partial charge is 0.00808 e.